The van der Waals surface area contributed by atoms with E-state index in [1.54, 1.807) is 41.5 Å². The van der Waals surface area contributed by atoms with Crippen LogP contribution in [0, 0.1) is 17.8 Å². The molecule has 7 N–H and O–H groups in total. The number of carbonyl (C=O) groups is 8. The standard InChI is InChI=1S/C63H115N7O11/c1-12-14-15-16-17-18-19-20-21-22-23-24-25-26-27-28-29-30-31-32-33-34-35-36-37-39-49-42-51(72)65-55(47(9)71)61(77)67-52(43(3)4)58(74)64-46(8)62(78)70-41-38-40-50(70)57(73)68-54(45(7)13-2)60(76)66-53(44(5)6)59(75)69-56(48(10)80-11)63(79)81-49/h43-50,52-56,71H,12-42H2,1-11H3,(H,64,74)(H,65,72)(H,66,76)(H,67,77)(H,68,73)(H,69,75). The largest absolute Gasteiger partial charge is 0.460 e. The smallest absolute Gasteiger partial charge is 0.331 e. The van der Waals surface area contributed by atoms with Crippen molar-refractivity contribution in [1.82, 2.24) is 36.8 Å². The van der Waals surface area contributed by atoms with E-state index in [1.807, 2.05) is 6.92 Å². The lowest BCUT2D eigenvalue weighted by molar-refractivity contribution is -0.158. The maximum atomic E-state index is 14.3. The summed E-state index contributed by atoms with van der Waals surface area (Å²) < 4.78 is 11.6. The molecular formula is C63H115N7O11. The normalized spacial score (nSPS) is 24.7. The molecule has 7 amide bonds. The number of nitrogens with one attached hydrogen (secondary N) is 6. The Bertz CT molecular complexity index is 1850. The van der Waals surface area contributed by atoms with Gasteiger partial charge in [-0.3, -0.25) is 33.6 Å². The second kappa shape index (κ2) is 41.6. The van der Waals surface area contributed by atoms with Crippen LogP contribution in [0.4, 0.5) is 0 Å². The Labute approximate surface area is 489 Å². The Morgan fingerprint density at radius 2 is 0.914 bits per heavy atom. The Morgan fingerprint density at radius 1 is 0.519 bits per heavy atom. The van der Waals surface area contributed by atoms with E-state index < -0.39 is 126 Å². The minimum absolute atomic E-state index is 0.219. The number of unbranched alkanes of at least 4 members (excludes halogenated alkanes) is 24. The number of methoxy groups -OCH3 is 1. The zero-order valence-corrected chi connectivity index (χ0v) is 52.4. The van der Waals surface area contributed by atoms with Crippen molar-refractivity contribution >= 4 is 47.3 Å². The molecule has 2 heterocycles. The molecule has 0 aromatic carbocycles. The summed E-state index contributed by atoms with van der Waals surface area (Å²) in [6.45, 7) is 17.4. The number of amides is 7. The number of nitrogens with zero attached hydrogens (tertiary/aromatic N) is 1. The Kier molecular flexibility index (Phi) is 37.4. The fourth-order valence-electron chi connectivity index (χ4n) is 11.0. The lowest BCUT2D eigenvalue weighted by Gasteiger charge is -2.32. The first-order valence-corrected chi connectivity index (χ1v) is 32.2. The molecule has 0 spiro atoms. The van der Waals surface area contributed by atoms with Gasteiger partial charge in [0, 0.05) is 13.7 Å². The van der Waals surface area contributed by atoms with Gasteiger partial charge in [-0.15, -0.1) is 0 Å². The molecular weight excluding hydrogens is 1030 g/mol. The molecule has 18 nitrogen and oxygen atoms in total. The monoisotopic (exact) mass is 1150 g/mol. The summed E-state index contributed by atoms with van der Waals surface area (Å²) in [5.41, 5.74) is 0. The van der Waals surface area contributed by atoms with Gasteiger partial charge in [-0.1, -0.05) is 209 Å². The van der Waals surface area contributed by atoms with Gasteiger partial charge >= 0.3 is 5.97 Å². The van der Waals surface area contributed by atoms with Crippen LogP contribution in [0.5, 0.6) is 0 Å². The van der Waals surface area contributed by atoms with Crippen LogP contribution in [0.15, 0.2) is 0 Å². The Morgan fingerprint density at radius 3 is 1.33 bits per heavy atom. The van der Waals surface area contributed by atoms with Crippen LogP contribution in [0.1, 0.15) is 262 Å². The number of rotatable bonds is 33. The van der Waals surface area contributed by atoms with E-state index in [-0.39, 0.29) is 19.4 Å². The first-order valence-electron chi connectivity index (χ1n) is 32.2. The fourth-order valence-corrected chi connectivity index (χ4v) is 11.0. The third-order valence-corrected chi connectivity index (χ3v) is 16.7. The maximum absolute atomic E-state index is 14.3. The van der Waals surface area contributed by atoms with Gasteiger partial charge in [0.1, 0.15) is 42.4 Å². The van der Waals surface area contributed by atoms with E-state index in [4.69, 9.17) is 9.47 Å². The molecule has 2 aliphatic heterocycles. The van der Waals surface area contributed by atoms with Crippen molar-refractivity contribution in [3.8, 4) is 0 Å². The van der Waals surface area contributed by atoms with E-state index in [0.29, 0.717) is 25.7 Å². The van der Waals surface area contributed by atoms with Gasteiger partial charge < -0.3 is 51.4 Å². The van der Waals surface area contributed by atoms with Gasteiger partial charge in [-0.2, -0.15) is 0 Å². The van der Waals surface area contributed by atoms with Gasteiger partial charge in [-0.05, 0) is 64.2 Å². The van der Waals surface area contributed by atoms with Gasteiger partial charge in [0.05, 0.1) is 18.6 Å². The number of ether oxygens (including phenoxy) is 2. The maximum Gasteiger partial charge on any atom is 0.331 e. The van der Waals surface area contributed by atoms with Crippen LogP contribution in [0.3, 0.4) is 0 Å². The molecule has 2 fully saturated rings. The second-order valence-electron chi connectivity index (χ2n) is 24.5. The molecule has 81 heavy (non-hydrogen) atoms. The van der Waals surface area contributed by atoms with Crippen molar-refractivity contribution < 1.29 is 52.9 Å². The number of carbonyl (C=O) groups excluding carboxylic acids is 8. The number of hydrogen-bond acceptors (Lipinski definition) is 11. The van der Waals surface area contributed by atoms with Crippen molar-refractivity contribution in [2.24, 2.45) is 17.8 Å². The molecule has 0 radical (unpaired) electrons. The summed E-state index contributed by atoms with van der Waals surface area (Å²) in [6.07, 6.45) is 29.4. The molecule has 468 valence electrons. The topological polar surface area (TPSA) is 251 Å². The van der Waals surface area contributed by atoms with E-state index >= 15 is 0 Å². The van der Waals surface area contributed by atoms with Crippen LogP contribution in [-0.2, 0) is 47.8 Å². The van der Waals surface area contributed by atoms with Crippen LogP contribution in [0.25, 0.3) is 0 Å². The fraction of sp³-hybridized carbons (Fsp3) is 0.873. The average Bonchev–Trinajstić information content (AvgIpc) is 3.95. The molecule has 0 bridgehead atoms. The molecule has 0 aliphatic carbocycles. The van der Waals surface area contributed by atoms with E-state index in [0.717, 1.165) is 25.7 Å². The third kappa shape index (κ3) is 28.2. The number of esters is 1. The molecule has 18 heteroatoms. The molecule has 0 saturated carbocycles. The highest BCUT2D eigenvalue weighted by atomic mass is 16.5. The van der Waals surface area contributed by atoms with Crippen LogP contribution >= 0.6 is 0 Å². The summed E-state index contributed by atoms with van der Waals surface area (Å²) in [6, 6.07) is -8.44. The highest BCUT2D eigenvalue weighted by Crippen LogP contribution is 2.22. The van der Waals surface area contributed by atoms with Crippen LogP contribution in [-0.4, -0.2) is 132 Å². The van der Waals surface area contributed by atoms with Crippen LogP contribution in [0.2, 0.25) is 0 Å². The molecule has 2 saturated heterocycles. The minimum atomic E-state index is -1.52. The lowest BCUT2D eigenvalue weighted by atomic mass is 9.96. The van der Waals surface area contributed by atoms with Crippen LogP contribution < -0.4 is 31.9 Å². The number of hydrogen-bond donors (Lipinski definition) is 7. The molecule has 0 aromatic heterocycles. The van der Waals surface area contributed by atoms with E-state index in [2.05, 4.69) is 38.8 Å². The molecule has 2 rings (SSSR count). The van der Waals surface area contributed by atoms with Crippen molar-refractivity contribution in [3.05, 3.63) is 0 Å². The minimum Gasteiger partial charge on any atom is -0.460 e. The van der Waals surface area contributed by atoms with Gasteiger partial charge in [0.2, 0.25) is 41.4 Å². The highest BCUT2D eigenvalue weighted by molar-refractivity contribution is 5.98. The van der Waals surface area contributed by atoms with E-state index in [9.17, 15) is 43.5 Å². The lowest BCUT2D eigenvalue weighted by Crippen LogP contribution is -2.61. The second-order valence-corrected chi connectivity index (χ2v) is 24.5. The number of fused-ring (bicyclic) bond motifs is 1. The van der Waals surface area contributed by atoms with Crippen molar-refractivity contribution in [2.75, 3.05) is 13.7 Å². The molecule has 11 atom stereocenters. The zero-order chi connectivity index (χ0) is 60.3. The molecule has 0 aromatic rings. The number of cyclic esters (lactones) is 1. The van der Waals surface area contributed by atoms with Crippen molar-refractivity contribution in [1.29, 1.82) is 0 Å². The summed E-state index contributed by atoms with van der Waals surface area (Å²) >= 11 is 0. The van der Waals surface area contributed by atoms with Gasteiger partial charge in [-0.25, -0.2) is 4.79 Å². The molecule has 2 aliphatic rings. The molecule has 11 unspecified atom stereocenters. The number of aliphatic hydroxyl groups excluding tert-OH is 1. The predicted octanol–water partition coefficient (Wildman–Crippen LogP) is 9.16. The summed E-state index contributed by atoms with van der Waals surface area (Å²) in [7, 11) is 1.38. The first kappa shape index (κ1) is 72.8. The average molecular weight is 1150 g/mol. The Hall–Kier alpha value is -4.32. The first-order chi connectivity index (χ1) is 38.7. The zero-order valence-electron chi connectivity index (χ0n) is 52.4. The van der Waals surface area contributed by atoms with Crippen molar-refractivity contribution in [3.63, 3.8) is 0 Å². The third-order valence-electron chi connectivity index (χ3n) is 16.7. The summed E-state index contributed by atoms with van der Waals surface area (Å²) in [5, 5.41) is 27.2. The number of aliphatic hydroxyl groups is 1. The SMILES string of the molecule is CCCCCCCCCCCCCCCCCCCCCCCCCCCC1CC(=O)NC(C(C)O)C(=O)NC(C(C)C)C(=O)NC(C)C(=O)N2CCCC2C(=O)NC(C(C)CC)C(=O)NC(C(C)C)C(=O)NC(C(C)OC)C(=O)O1. The Balaban J connectivity index is 2.16. The quantitative estimate of drug-likeness (QED) is 0.0241. The summed E-state index contributed by atoms with van der Waals surface area (Å²) in [4.78, 5) is 114. The van der Waals surface area contributed by atoms with Gasteiger partial charge in [0.25, 0.3) is 0 Å². The van der Waals surface area contributed by atoms with E-state index in [1.165, 1.54) is 154 Å². The van der Waals surface area contributed by atoms with Gasteiger partial charge in [0.15, 0.2) is 6.04 Å². The predicted molar refractivity (Wildman–Crippen MR) is 319 cm³/mol. The van der Waals surface area contributed by atoms with Crippen molar-refractivity contribution in [2.45, 2.75) is 322 Å². The highest BCUT2D eigenvalue weighted by Gasteiger charge is 2.41. The summed E-state index contributed by atoms with van der Waals surface area (Å²) in [5.74, 6) is -6.94.